The normalized spacial score (nSPS) is 16.3. The third-order valence-corrected chi connectivity index (χ3v) is 6.86. The number of carbonyl (C=O) groups is 3. The second-order valence-electron chi connectivity index (χ2n) is 9.52. The van der Waals surface area contributed by atoms with Crippen molar-refractivity contribution < 1.29 is 23.5 Å². The Balaban J connectivity index is 1.91. The van der Waals surface area contributed by atoms with Crippen LogP contribution in [0.4, 0.5) is 9.52 Å². The molecule has 9 heteroatoms. The summed E-state index contributed by atoms with van der Waals surface area (Å²) in [4.78, 5) is 47.1. The van der Waals surface area contributed by atoms with Gasteiger partial charge in [-0.15, -0.1) is 0 Å². The monoisotopic (exact) mass is 489 g/mol. The molecule has 0 spiro atoms. The largest absolute Gasteiger partial charge is 0.462 e. The first-order chi connectivity index (χ1) is 16.0. The highest BCUT2D eigenvalue weighted by Crippen LogP contribution is 2.31. The van der Waals surface area contributed by atoms with E-state index in [1.54, 1.807) is 35.8 Å². The van der Waals surface area contributed by atoms with E-state index < -0.39 is 17.3 Å². The van der Waals surface area contributed by atoms with E-state index in [0.717, 1.165) is 23.3 Å². The first-order valence-electron chi connectivity index (χ1n) is 11.5. The fourth-order valence-electron chi connectivity index (χ4n) is 3.95. The Kier molecular flexibility index (Phi) is 8.07. The molecular formula is C25H32FN3O4S. The molecule has 0 saturated carbocycles. The maximum atomic E-state index is 13.8. The van der Waals surface area contributed by atoms with E-state index in [1.807, 2.05) is 20.8 Å². The van der Waals surface area contributed by atoms with Crippen molar-refractivity contribution in [3.05, 3.63) is 46.2 Å². The Hall–Kier alpha value is -2.81. The molecule has 1 aliphatic heterocycles. The molecule has 2 aromatic rings. The highest BCUT2D eigenvalue weighted by Gasteiger charge is 2.36. The number of halogens is 1. The summed E-state index contributed by atoms with van der Waals surface area (Å²) in [5.74, 6) is -1.38. The molecule has 0 N–H and O–H groups in total. The maximum Gasteiger partial charge on any atom is 0.350 e. The number of hydrogen-bond donors (Lipinski definition) is 0. The standard InChI is InChI=1S/C25H32FN3O4S/c1-6-33-22(31)20-16(2)27-24(34-20)29(14-17-9-11-19(26)12-10-17)21(30)18-8-7-13-28(15-18)23(32)25(3,4)5/h9-12,18H,6-8,13-15H2,1-5H3. The van der Waals surface area contributed by atoms with Crippen LogP contribution >= 0.6 is 11.3 Å². The Morgan fingerprint density at radius 3 is 2.53 bits per heavy atom. The van der Waals surface area contributed by atoms with E-state index in [2.05, 4.69) is 4.98 Å². The minimum Gasteiger partial charge on any atom is -0.462 e. The van der Waals surface area contributed by atoms with Gasteiger partial charge >= 0.3 is 5.97 Å². The summed E-state index contributed by atoms with van der Waals surface area (Å²) >= 11 is 1.11. The number of amides is 2. The van der Waals surface area contributed by atoms with Crippen molar-refractivity contribution in [2.75, 3.05) is 24.6 Å². The molecule has 184 valence electrons. The quantitative estimate of drug-likeness (QED) is 0.555. The van der Waals surface area contributed by atoms with Crippen molar-refractivity contribution in [3.8, 4) is 0 Å². The second-order valence-corrected chi connectivity index (χ2v) is 10.5. The third-order valence-electron chi connectivity index (χ3n) is 5.70. The van der Waals surface area contributed by atoms with Gasteiger partial charge in [0.15, 0.2) is 5.13 Å². The molecule has 1 unspecified atom stereocenters. The van der Waals surface area contributed by atoms with Gasteiger partial charge in [0.25, 0.3) is 0 Å². The average Bonchev–Trinajstić information content (AvgIpc) is 3.18. The van der Waals surface area contributed by atoms with Crippen LogP contribution in [0.15, 0.2) is 24.3 Å². The van der Waals surface area contributed by atoms with Crippen LogP contribution < -0.4 is 4.90 Å². The molecular weight excluding hydrogens is 457 g/mol. The lowest BCUT2D eigenvalue weighted by Gasteiger charge is -2.37. The van der Waals surface area contributed by atoms with E-state index in [0.29, 0.717) is 35.2 Å². The summed E-state index contributed by atoms with van der Waals surface area (Å²) < 4.78 is 18.6. The fraction of sp³-hybridized carbons (Fsp3) is 0.520. The highest BCUT2D eigenvalue weighted by molar-refractivity contribution is 7.17. The number of thiazole rings is 1. The summed E-state index contributed by atoms with van der Waals surface area (Å²) in [5, 5.41) is 0.383. The Morgan fingerprint density at radius 1 is 1.24 bits per heavy atom. The first kappa shape index (κ1) is 25.8. The Bertz CT molecular complexity index is 1050. The molecule has 0 bridgehead atoms. The Morgan fingerprint density at radius 2 is 1.91 bits per heavy atom. The van der Waals surface area contributed by atoms with Gasteiger partial charge < -0.3 is 9.64 Å². The van der Waals surface area contributed by atoms with Gasteiger partial charge in [-0.2, -0.15) is 0 Å². The van der Waals surface area contributed by atoms with Gasteiger partial charge in [0.1, 0.15) is 10.7 Å². The minimum atomic E-state index is -0.528. The average molecular weight is 490 g/mol. The molecule has 2 amide bonds. The molecule has 0 aliphatic carbocycles. The van der Waals surface area contributed by atoms with Crippen LogP contribution in [0, 0.1) is 24.1 Å². The van der Waals surface area contributed by atoms with Crippen LogP contribution in [0.5, 0.6) is 0 Å². The lowest BCUT2D eigenvalue weighted by Crippen LogP contribution is -2.49. The number of ether oxygens (including phenoxy) is 1. The molecule has 1 aromatic carbocycles. The summed E-state index contributed by atoms with van der Waals surface area (Å²) in [5.41, 5.74) is 0.696. The lowest BCUT2D eigenvalue weighted by atomic mass is 9.90. The number of likely N-dealkylation sites (tertiary alicyclic amines) is 1. The summed E-state index contributed by atoms with van der Waals surface area (Å²) in [6.45, 7) is 10.4. The first-order valence-corrected chi connectivity index (χ1v) is 12.3. The molecule has 1 saturated heterocycles. The Labute approximate surface area is 203 Å². The predicted molar refractivity (Wildman–Crippen MR) is 129 cm³/mol. The van der Waals surface area contributed by atoms with E-state index in [1.165, 1.54) is 12.1 Å². The van der Waals surface area contributed by atoms with Crippen molar-refractivity contribution in [2.24, 2.45) is 11.3 Å². The van der Waals surface area contributed by atoms with Crippen LogP contribution in [0.2, 0.25) is 0 Å². The van der Waals surface area contributed by atoms with Gasteiger partial charge in [0.05, 0.1) is 24.8 Å². The van der Waals surface area contributed by atoms with Crippen LogP contribution in [-0.2, 0) is 20.9 Å². The van der Waals surface area contributed by atoms with Crippen molar-refractivity contribution >= 4 is 34.3 Å². The van der Waals surface area contributed by atoms with Crippen LogP contribution in [0.3, 0.4) is 0 Å². The number of hydrogen-bond acceptors (Lipinski definition) is 6. The molecule has 2 heterocycles. The number of esters is 1. The predicted octanol–water partition coefficient (Wildman–Crippen LogP) is 4.59. The number of aryl methyl sites for hydroxylation is 1. The molecule has 0 radical (unpaired) electrons. The van der Waals surface area contributed by atoms with Gasteiger partial charge in [0, 0.05) is 18.5 Å². The fourth-order valence-corrected chi connectivity index (χ4v) is 4.92. The SMILES string of the molecule is CCOC(=O)c1sc(N(Cc2ccc(F)cc2)C(=O)C2CCCN(C(=O)C(C)(C)C)C2)nc1C. The van der Waals surface area contributed by atoms with Crippen molar-refractivity contribution in [2.45, 2.75) is 54.0 Å². The second kappa shape index (κ2) is 10.6. The maximum absolute atomic E-state index is 13.8. The molecule has 1 atom stereocenters. The smallest absolute Gasteiger partial charge is 0.350 e. The van der Waals surface area contributed by atoms with E-state index >= 15 is 0 Å². The number of benzene rings is 1. The van der Waals surface area contributed by atoms with Gasteiger partial charge in [-0.05, 0) is 44.4 Å². The number of nitrogens with zero attached hydrogens (tertiary/aromatic N) is 3. The van der Waals surface area contributed by atoms with Gasteiger partial charge in [-0.1, -0.05) is 44.2 Å². The number of carbonyl (C=O) groups excluding carboxylic acids is 3. The summed E-state index contributed by atoms with van der Waals surface area (Å²) in [6.07, 6.45) is 1.38. The van der Waals surface area contributed by atoms with Crippen LogP contribution in [0.25, 0.3) is 0 Å². The van der Waals surface area contributed by atoms with Crippen molar-refractivity contribution in [1.82, 2.24) is 9.88 Å². The van der Waals surface area contributed by atoms with Crippen molar-refractivity contribution in [1.29, 1.82) is 0 Å². The summed E-state index contributed by atoms with van der Waals surface area (Å²) in [7, 11) is 0. The molecule has 34 heavy (non-hydrogen) atoms. The topological polar surface area (TPSA) is 79.8 Å². The molecule has 1 aromatic heterocycles. The van der Waals surface area contributed by atoms with Gasteiger partial charge in [0.2, 0.25) is 11.8 Å². The minimum absolute atomic E-state index is 0.0183. The van der Waals surface area contributed by atoms with E-state index in [9.17, 15) is 18.8 Å². The summed E-state index contributed by atoms with van der Waals surface area (Å²) in [6, 6.07) is 5.94. The zero-order valence-electron chi connectivity index (χ0n) is 20.4. The molecule has 1 fully saturated rings. The van der Waals surface area contributed by atoms with Crippen LogP contribution in [0.1, 0.15) is 61.5 Å². The lowest BCUT2D eigenvalue weighted by molar-refractivity contribution is -0.142. The zero-order valence-corrected chi connectivity index (χ0v) is 21.2. The molecule has 1 aliphatic rings. The zero-order chi connectivity index (χ0) is 25.0. The number of rotatable bonds is 6. The number of piperidine rings is 1. The number of aromatic nitrogens is 1. The van der Waals surface area contributed by atoms with Crippen LogP contribution in [-0.4, -0.2) is 47.4 Å². The van der Waals surface area contributed by atoms with Gasteiger partial charge in [-0.3, -0.25) is 14.5 Å². The van der Waals surface area contributed by atoms with E-state index in [4.69, 9.17) is 4.74 Å². The highest BCUT2D eigenvalue weighted by atomic mass is 32.1. The van der Waals surface area contributed by atoms with E-state index in [-0.39, 0.29) is 30.8 Å². The molecule has 3 rings (SSSR count). The van der Waals surface area contributed by atoms with Crippen molar-refractivity contribution in [3.63, 3.8) is 0 Å². The third kappa shape index (κ3) is 6.00. The molecule has 7 nitrogen and oxygen atoms in total. The number of anilines is 1. The van der Waals surface area contributed by atoms with Gasteiger partial charge in [-0.25, -0.2) is 14.2 Å².